The fourth-order valence-corrected chi connectivity index (χ4v) is 4.20. The van der Waals surface area contributed by atoms with Crippen LogP contribution in [0, 0.1) is 11.7 Å². The quantitative estimate of drug-likeness (QED) is 0.205. The Hall–Kier alpha value is -2.88. The second-order valence-corrected chi connectivity index (χ2v) is 8.53. The van der Waals surface area contributed by atoms with Gasteiger partial charge in [-0.1, -0.05) is 23.8 Å². The van der Waals surface area contributed by atoms with Crippen molar-refractivity contribution in [2.45, 2.75) is 38.3 Å². The lowest BCUT2D eigenvalue weighted by atomic mass is 9.78. The van der Waals surface area contributed by atoms with Crippen molar-refractivity contribution >= 4 is 23.5 Å². The fraction of sp³-hybridized carbons (Fsp3) is 0.417. The molecular weight excluding hydrogens is 497 g/mol. The van der Waals surface area contributed by atoms with Gasteiger partial charge in [-0.15, -0.1) is 0 Å². The van der Waals surface area contributed by atoms with Crippen molar-refractivity contribution in [1.29, 1.82) is 0 Å². The van der Waals surface area contributed by atoms with Crippen LogP contribution in [-0.4, -0.2) is 32.3 Å². The number of methoxy groups -OCH3 is 1. The Bertz CT molecular complexity index is 1110. The first-order valence-corrected chi connectivity index (χ1v) is 11.1. The summed E-state index contributed by atoms with van der Waals surface area (Å²) >= 11 is 5.80. The molecule has 35 heavy (non-hydrogen) atoms. The number of benzene rings is 1. The summed E-state index contributed by atoms with van der Waals surface area (Å²) < 4.78 is 80.9. The number of halogens is 6. The van der Waals surface area contributed by atoms with Crippen molar-refractivity contribution in [2.75, 3.05) is 20.4 Å². The van der Waals surface area contributed by atoms with Gasteiger partial charge < -0.3 is 14.8 Å². The summed E-state index contributed by atoms with van der Waals surface area (Å²) in [6.45, 7) is -0.144. The lowest BCUT2D eigenvalue weighted by Gasteiger charge is -2.32. The molecule has 0 saturated heterocycles. The first-order chi connectivity index (χ1) is 16.5. The lowest BCUT2D eigenvalue weighted by Crippen LogP contribution is -2.35. The molecule has 1 heterocycles. The zero-order valence-electron chi connectivity index (χ0n) is 18.9. The molecule has 1 aromatic carbocycles. The average molecular weight is 520 g/mol. The van der Waals surface area contributed by atoms with Gasteiger partial charge in [-0.2, -0.15) is 13.2 Å². The van der Waals surface area contributed by atoms with Gasteiger partial charge in [0.25, 0.3) is 0 Å². The van der Waals surface area contributed by atoms with E-state index in [4.69, 9.17) is 16.3 Å². The van der Waals surface area contributed by atoms with E-state index in [1.807, 2.05) is 12.2 Å². The lowest BCUT2D eigenvalue weighted by molar-refractivity contribution is -0.141. The van der Waals surface area contributed by atoms with Crippen molar-refractivity contribution < 1.29 is 41.0 Å². The molecule has 1 aromatic rings. The SMILES string of the molecule is COC(=O)C1=C(CF)NC(C)=C(C(=O)OCCC=CC2CC2)C1c1c(F)ccc(Cl)c1C(F)(F)F. The number of nitrogens with one attached hydrogen (secondary N) is 1. The molecule has 0 spiro atoms. The number of rotatable bonds is 8. The van der Waals surface area contributed by atoms with Crippen molar-refractivity contribution in [3.63, 3.8) is 0 Å². The Labute approximate surface area is 203 Å². The Kier molecular flexibility index (Phi) is 8.25. The van der Waals surface area contributed by atoms with E-state index in [9.17, 15) is 27.2 Å². The number of hydrogen-bond donors (Lipinski definition) is 1. The Morgan fingerprint density at radius 3 is 2.46 bits per heavy atom. The van der Waals surface area contributed by atoms with E-state index in [1.54, 1.807) is 0 Å². The number of carbonyl (C=O) groups is 2. The number of alkyl halides is 4. The molecule has 1 fully saturated rings. The molecule has 1 aliphatic heterocycles. The van der Waals surface area contributed by atoms with Crippen LogP contribution in [-0.2, 0) is 25.2 Å². The highest BCUT2D eigenvalue weighted by Gasteiger charge is 2.46. The van der Waals surface area contributed by atoms with Gasteiger partial charge in [0, 0.05) is 11.3 Å². The molecule has 2 aliphatic rings. The van der Waals surface area contributed by atoms with Crippen LogP contribution in [0.15, 0.2) is 46.8 Å². The van der Waals surface area contributed by atoms with Crippen LogP contribution in [0.3, 0.4) is 0 Å². The summed E-state index contributed by atoms with van der Waals surface area (Å²) in [5.41, 5.74) is -4.42. The molecule has 5 nitrogen and oxygen atoms in total. The van der Waals surface area contributed by atoms with E-state index in [-0.39, 0.29) is 12.3 Å². The molecule has 0 bridgehead atoms. The molecule has 1 aliphatic carbocycles. The van der Waals surface area contributed by atoms with Crippen LogP contribution in [0.5, 0.6) is 0 Å². The van der Waals surface area contributed by atoms with Gasteiger partial charge in [0.2, 0.25) is 0 Å². The molecule has 0 radical (unpaired) electrons. The van der Waals surface area contributed by atoms with Crippen LogP contribution < -0.4 is 5.32 Å². The average Bonchev–Trinajstić information content (AvgIpc) is 3.62. The van der Waals surface area contributed by atoms with Crippen molar-refractivity contribution in [1.82, 2.24) is 5.32 Å². The van der Waals surface area contributed by atoms with Crippen LogP contribution in [0.4, 0.5) is 22.0 Å². The van der Waals surface area contributed by atoms with Crippen LogP contribution in [0.1, 0.15) is 43.2 Å². The van der Waals surface area contributed by atoms with Crippen LogP contribution in [0.25, 0.3) is 0 Å². The minimum absolute atomic E-state index is 0.0960. The zero-order chi connectivity index (χ0) is 25.9. The van der Waals surface area contributed by atoms with Gasteiger partial charge >= 0.3 is 18.1 Å². The van der Waals surface area contributed by atoms with Gasteiger partial charge in [-0.3, -0.25) is 0 Å². The monoisotopic (exact) mass is 519 g/mol. The molecular formula is C24H23ClF5NO4. The summed E-state index contributed by atoms with van der Waals surface area (Å²) in [5, 5.41) is 1.66. The summed E-state index contributed by atoms with van der Waals surface area (Å²) in [6, 6.07) is 1.39. The number of hydrogen-bond acceptors (Lipinski definition) is 5. The van der Waals surface area contributed by atoms with Gasteiger partial charge in [0.15, 0.2) is 0 Å². The molecule has 0 amide bonds. The molecule has 1 N–H and O–H groups in total. The first kappa shape index (κ1) is 26.7. The van der Waals surface area contributed by atoms with Crippen LogP contribution in [0.2, 0.25) is 5.02 Å². The molecule has 190 valence electrons. The number of esters is 2. The topological polar surface area (TPSA) is 64.6 Å². The number of ether oxygens (including phenoxy) is 2. The number of dihydropyridines is 1. The largest absolute Gasteiger partial charge is 0.466 e. The highest BCUT2D eigenvalue weighted by molar-refractivity contribution is 6.31. The minimum atomic E-state index is -5.16. The predicted octanol–water partition coefficient (Wildman–Crippen LogP) is 5.75. The molecule has 3 rings (SSSR count). The van der Waals surface area contributed by atoms with Gasteiger partial charge in [0.05, 0.1) is 47.1 Å². The first-order valence-electron chi connectivity index (χ1n) is 10.7. The predicted molar refractivity (Wildman–Crippen MR) is 117 cm³/mol. The Balaban J connectivity index is 2.13. The van der Waals surface area contributed by atoms with Gasteiger partial charge in [-0.25, -0.2) is 18.4 Å². The third kappa shape index (κ3) is 5.86. The highest BCUT2D eigenvalue weighted by atomic mass is 35.5. The van der Waals surface area contributed by atoms with E-state index >= 15 is 4.39 Å². The normalized spacial score (nSPS) is 18.7. The molecule has 0 aromatic heterocycles. The van der Waals surface area contributed by atoms with Crippen molar-refractivity contribution in [3.05, 3.63) is 68.8 Å². The number of allylic oxidation sites excluding steroid dienone is 3. The minimum Gasteiger partial charge on any atom is -0.466 e. The van der Waals surface area contributed by atoms with E-state index in [0.29, 0.717) is 24.5 Å². The van der Waals surface area contributed by atoms with Gasteiger partial charge in [-0.05, 0) is 44.2 Å². The third-order valence-corrected chi connectivity index (χ3v) is 5.98. The molecule has 1 saturated carbocycles. The maximum absolute atomic E-state index is 15.1. The molecule has 1 unspecified atom stereocenters. The van der Waals surface area contributed by atoms with Crippen LogP contribution >= 0.6 is 11.6 Å². The summed E-state index contributed by atoms with van der Waals surface area (Å²) in [7, 11) is 0.927. The zero-order valence-corrected chi connectivity index (χ0v) is 19.7. The maximum Gasteiger partial charge on any atom is 0.418 e. The van der Waals surface area contributed by atoms with E-state index < -0.39 is 69.5 Å². The van der Waals surface area contributed by atoms with Crippen molar-refractivity contribution in [2.24, 2.45) is 5.92 Å². The number of carbonyl (C=O) groups excluding carboxylic acids is 2. The highest BCUT2D eigenvalue weighted by Crippen LogP contribution is 2.47. The second-order valence-electron chi connectivity index (χ2n) is 8.12. The summed E-state index contributed by atoms with van der Waals surface area (Å²) in [5.74, 6) is -5.21. The van der Waals surface area contributed by atoms with E-state index in [1.165, 1.54) is 6.92 Å². The van der Waals surface area contributed by atoms with Gasteiger partial charge in [0.1, 0.15) is 12.5 Å². The second kappa shape index (κ2) is 10.8. The summed E-state index contributed by atoms with van der Waals surface area (Å²) in [4.78, 5) is 25.7. The maximum atomic E-state index is 15.1. The van der Waals surface area contributed by atoms with Crippen molar-refractivity contribution in [3.8, 4) is 0 Å². The molecule has 11 heteroatoms. The Morgan fingerprint density at radius 2 is 1.89 bits per heavy atom. The Morgan fingerprint density at radius 1 is 1.20 bits per heavy atom. The smallest absolute Gasteiger partial charge is 0.418 e. The molecule has 1 atom stereocenters. The summed E-state index contributed by atoms with van der Waals surface area (Å²) in [6.07, 6.45) is 1.16. The fourth-order valence-electron chi connectivity index (χ4n) is 3.92. The van der Waals surface area contributed by atoms with E-state index in [0.717, 1.165) is 20.0 Å². The third-order valence-electron chi connectivity index (χ3n) is 5.67. The van der Waals surface area contributed by atoms with E-state index in [2.05, 4.69) is 10.1 Å². The standard InChI is InChI=1S/C24H23ClF5NO4/c1-12-17(23(33)35-10-4-3-5-13-6-7-13)20(19(22(32)34-2)16(11-26)31-12)18-15(27)9-8-14(25)21(18)24(28,29)30/h3,5,8-9,13,20,31H,4,6-7,10-11H2,1-2H3.